The highest BCUT2D eigenvalue weighted by Gasteiger charge is 2.03. The Morgan fingerprint density at radius 3 is 2.58 bits per heavy atom. The lowest BCUT2D eigenvalue weighted by molar-refractivity contribution is -0.132. The number of hydrogen-bond acceptors (Lipinski definition) is 2. The second kappa shape index (κ2) is 5.09. The van der Waals surface area contributed by atoms with E-state index in [1.165, 1.54) is 5.32 Å². The molecule has 0 atom stereocenters. The minimum Gasteiger partial charge on any atom is -0.478 e. The van der Waals surface area contributed by atoms with Crippen LogP contribution in [0.25, 0.3) is 0 Å². The Hall–Kier alpha value is -1.61. The van der Waals surface area contributed by atoms with Crippen LogP contribution < -0.4 is 5.32 Å². The van der Waals surface area contributed by atoms with E-state index < -0.39 is 12.5 Å². The SMILES string of the molecule is C=C=C/C(=C\NC(F)F)C(=O)O. The fourth-order valence-corrected chi connectivity index (χ4v) is 0.428. The minimum atomic E-state index is -2.78. The summed E-state index contributed by atoms with van der Waals surface area (Å²) in [5.74, 6) is -1.32. The van der Waals surface area contributed by atoms with E-state index in [4.69, 9.17) is 5.11 Å². The average Bonchev–Trinajstić information content (AvgIpc) is 1.96. The number of halogens is 2. The molecule has 0 saturated heterocycles. The van der Waals surface area contributed by atoms with Crippen LogP contribution in [0.4, 0.5) is 8.78 Å². The highest BCUT2D eigenvalue weighted by Crippen LogP contribution is 1.95. The summed E-state index contributed by atoms with van der Waals surface area (Å²) >= 11 is 0. The van der Waals surface area contributed by atoms with Crippen molar-refractivity contribution >= 4 is 5.97 Å². The van der Waals surface area contributed by atoms with Gasteiger partial charge in [0.05, 0.1) is 5.57 Å². The van der Waals surface area contributed by atoms with Gasteiger partial charge in [0.15, 0.2) is 0 Å². The van der Waals surface area contributed by atoms with E-state index in [0.29, 0.717) is 6.20 Å². The molecule has 66 valence electrons. The summed E-state index contributed by atoms with van der Waals surface area (Å²) in [7, 11) is 0. The van der Waals surface area contributed by atoms with E-state index in [-0.39, 0.29) is 5.57 Å². The molecule has 0 aliphatic rings. The van der Waals surface area contributed by atoms with E-state index in [1.54, 1.807) is 0 Å². The van der Waals surface area contributed by atoms with E-state index in [9.17, 15) is 13.6 Å². The number of nitrogens with one attached hydrogen (secondary N) is 1. The second-order valence-electron chi connectivity index (χ2n) is 1.72. The van der Waals surface area contributed by atoms with Gasteiger partial charge in [-0.25, -0.2) is 4.79 Å². The number of carboxylic acid groups (broad SMARTS) is 1. The zero-order valence-corrected chi connectivity index (χ0v) is 6.05. The predicted molar refractivity (Wildman–Crippen MR) is 38.6 cm³/mol. The molecule has 0 amide bonds. The van der Waals surface area contributed by atoms with Crippen LogP contribution >= 0.6 is 0 Å². The van der Waals surface area contributed by atoms with E-state index in [2.05, 4.69) is 12.3 Å². The Labute approximate surface area is 67.7 Å². The van der Waals surface area contributed by atoms with Crippen LogP contribution in [0.5, 0.6) is 0 Å². The molecule has 0 saturated carbocycles. The highest BCUT2D eigenvalue weighted by molar-refractivity contribution is 5.89. The lowest BCUT2D eigenvalue weighted by Crippen LogP contribution is -2.14. The van der Waals surface area contributed by atoms with Gasteiger partial charge in [-0.05, 0) is 6.08 Å². The molecule has 0 aromatic heterocycles. The Balaban J connectivity index is 4.39. The minimum absolute atomic E-state index is 0.328. The first kappa shape index (κ1) is 10.4. The number of carboxylic acids is 1. The van der Waals surface area contributed by atoms with Crippen LogP contribution in [0.1, 0.15) is 0 Å². The van der Waals surface area contributed by atoms with Gasteiger partial charge in [0, 0.05) is 6.20 Å². The molecular weight excluding hydrogens is 168 g/mol. The van der Waals surface area contributed by atoms with Crippen LogP contribution in [0.2, 0.25) is 0 Å². The summed E-state index contributed by atoms with van der Waals surface area (Å²) in [5, 5.41) is 9.90. The molecule has 0 radical (unpaired) electrons. The summed E-state index contributed by atoms with van der Waals surface area (Å²) in [6, 6.07) is 0. The van der Waals surface area contributed by atoms with Crippen molar-refractivity contribution in [3.8, 4) is 0 Å². The quantitative estimate of drug-likeness (QED) is 0.291. The van der Waals surface area contributed by atoms with Crippen molar-refractivity contribution in [3.05, 3.63) is 30.2 Å². The summed E-state index contributed by atoms with van der Waals surface area (Å²) in [5.41, 5.74) is 1.84. The molecule has 0 aliphatic heterocycles. The molecule has 0 fully saturated rings. The van der Waals surface area contributed by atoms with Gasteiger partial charge < -0.3 is 10.4 Å². The fraction of sp³-hybridized carbons (Fsp3) is 0.143. The third-order valence-corrected chi connectivity index (χ3v) is 0.869. The molecule has 0 bridgehead atoms. The molecule has 5 heteroatoms. The molecule has 0 aromatic rings. The maximum Gasteiger partial charge on any atom is 0.337 e. The zero-order chi connectivity index (χ0) is 9.56. The molecule has 0 spiro atoms. The van der Waals surface area contributed by atoms with Gasteiger partial charge in [-0.1, -0.05) is 6.58 Å². The van der Waals surface area contributed by atoms with Gasteiger partial charge >= 0.3 is 12.5 Å². The van der Waals surface area contributed by atoms with Crippen molar-refractivity contribution in [1.29, 1.82) is 0 Å². The largest absolute Gasteiger partial charge is 0.478 e. The monoisotopic (exact) mass is 175 g/mol. The van der Waals surface area contributed by atoms with Crippen molar-refractivity contribution in [2.24, 2.45) is 0 Å². The molecule has 0 aromatic carbocycles. The Morgan fingerprint density at radius 2 is 2.25 bits per heavy atom. The van der Waals surface area contributed by atoms with E-state index >= 15 is 0 Å². The lowest BCUT2D eigenvalue weighted by Gasteiger charge is -1.97. The topological polar surface area (TPSA) is 49.3 Å². The normalized spacial score (nSPS) is 10.8. The van der Waals surface area contributed by atoms with Gasteiger partial charge in [0.2, 0.25) is 0 Å². The average molecular weight is 175 g/mol. The fourth-order valence-electron chi connectivity index (χ4n) is 0.428. The second-order valence-corrected chi connectivity index (χ2v) is 1.72. The third-order valence-electron chi connectivity index (χ3n) is 0.869. The molecule has 0 heterocycles. The van der Waals surface area contributed by atoms with Gasteiger partial charge in [0.1, 0.15) is 0 Å². The van der Waals surface area contributed by atoms with Crippen LogP contribution in [0.15, 0.2) is 30.2 Å². The maximum absolute atomic E-state index is 11.5. The standard InChI is InChI=1S/C7H7F2NO2/c1-2-3-5(6(11)12)4-10-7(8)9/h3-4,7,10H,1H2,(H,11,12)/b5-4+. The summed E-state index contributed by atoms with van der Waals surface area (Å²) in [6.45, 7) is 0.330. The number of rotatable bonds is 4. The summed E-state index contributed by atoms with van der Waals surface area (Å²) in [4.78, 5) is 10.2. The summed E-state index contributed by atoms with van der Waals surface area (Å²) < 4.78 is 23.0. The Bertz CT molecular complexity index is 238. The van der Waals surface area contributed by atoms with Crippen LogP contribution in [0.3, 0.4) is 0 Å². The van der Waals surface area contributed by atoms with Crippen molar-refractivity contribution in [2.45, 2.75) is 6.55 Å². The molecule has 12 heavy (non-hydrogen) atoms. The molecule has 0 rings (SSSR count). The first-order valence-electron chi connectivity index (χ1n) is 2.91. The number of carbonyl (C=O) groups is 1. The highest BCUT2D eigenvalue weighted by atomic mass is 19.3. The van der Waals surface area contributed by atoms with Gasteiger partial charge in [-0.2, -0.15) is 8.78 Å². The molecule has 2 N–H and O–H groups in total. The van der Waals surface area contributed by atoms with Crippen molar-refractivity contribution in [3.63, 3.8) is 0 Å². The van der Waals surface area contributed by atoms with Gasteiger partial charge in [-0.3, -0.25) is 0 Å². The first-order chi connectivity index (χ1) is 5.57. The third kappa shape index (κ3) is 4.24. The predicted octanol–water partition coefficient (Wildman–Crippen LogP) is 1.11. The van der Waals surface area contributed by atoms with E-state index in [0.717, 1.165) is 6.08 Å². The molecule has 0 aliphatic carbocycles. The van der Waals surface area contributed by atoms with Crippen LogP contribution in [0, 0.1) is 0 Å². The first-order valence-corrected chi connectivity index (χ1v) is 2.91. The summed E-state index contributed by atoms with van der Waals surface area (Å²) in [6.07, 6.45) is 1.67. The zero-order valence-electron chi connectivity index (χ0n) is 6.05. The van der Waals surface area contributed by atoms with Crippen molar-refractivity contribution in [2.75, 3.05) is 0 Å². The number of alkyl halides is 2. The van der Waals surface area contributed by atoms with Gasteiger partial charge in [0.25, 0.3) is 0 Å². The van der Waals surface area contributed by atoms with Gasteiger partial charge in [-0.15, -0.1) is 5.73 Å². The molecule has 3 nitrogen and oxygen atoms in total. The van der Waals surface area contributed by atoms with Crippen LogP contribution in [-0.4, -0.2) is 17.6 Å². The van der Waals surface area contributed by atoms with Crippen molar-refractivity contribution < 1.29 is 18.7 Å². The number of hydrogen-bond donors (Lipinski definition) is 2. The smallest absolute Gasteiger partial charge is 0.337 e. The molecular formula is C7H7F2NO2. The lowest BCUT2D eigenvalue weighted by atomic mass is 10.3. The Morgan fingerprint density at radius 1 is 1.67 bits per heavy atom. The Kier molecular flexibility index (Phi) is 4.41. The molecule has 0 unspecified atom stereocenters. The van der Waals surface area contributed by atoms with Crippen LogP contribution in [-0.2, 0) is 4.79 Å². The van der Waals surface area contributed by atoms with Crippen molar-refractivity contribution in [1.82, 2.24) is 5.32 Å². The van der Waals surface area contributed by atoms with E-state index in [1.807, 2.05) is 0 Å². The number of aliphatic carboxylic acids is 1. The maximum atomic E-state index is 11.5.